The van der Waals surface area contributed by atoms with Crippen LogP contribution in [0.3, 0.4) is 0 Å². The van der Waals surface area contributed by atoms with Crippen molar-refractivity contribution in [2.24, 2.45) is 0 Å². The molecule has 2 aromatic heterocycles. The Morgan fingerprint density at radius 1 is 1.27 bits per heavy atom. The summed E-state index contributed by atoms with van der Waals surface area (Å²) < 4.78 is 0. The van der Waals surface area contributed by atoms with Crippen LogP contribution in [-0.4, -0.2) is 16.1 Å². The van der Waals surface area contributed by atoms with Gasteiger partial charge in [-0.25, -0.2) is 5.10 Å². The van der Waals surface area contributed by atoms with Crippen LogP contribution in [0.5, 0.6) is 0 Å². The van der Waals surface area contributed by atoms with Crippen molar-refractivity contribution in [2.45, 2.75) is 47.1 Å². The highest BCUT2D eigenvalue weighted by Crippen LogP contribution is 2.20. The van der Waals surface area contributed by atoms with Crippen LogP contribution in [0.2, 0.25) is 0 Å². The zero-order valence-electron chi connectivity index (χ0n) is 13.4. The highest BCUT2D eigenvalue weighted by atomic mass is 32.1. The minimum absolute atomic E-state index is 0.141. The number of hydrogen-bond acceptors (Lipinski definition) is 4. The molecule has 2 N–H and O–H groups in total. The number of aryl methyl sites for hydroxylation is 3. The Balaban J connectivity index is 2.21. The second-order valence-corrected chi connectivity index (χ2v) is 6.45. The Morgan fingerprint density at radius 2 is 2.00 bits per heavy atom. The summed E-state index contributed by atoms with van der Waals surface area (Å²) in [5.74, 6) is -0.141. The largest absolute Gasteiger partial charge is 0.347 e. The molecule has 0 bridgehead atoms. The number of aromatic amines is 1. The molecule has 0 spiro atoms. The fourth-order valence-electron chi connectivity index (χ4n) is 2.40. The summed E-state index contributed by atoms with van der Waals surface area (Å²) in [6.45, 7) is 8.20. The van der Waals surface area contributed by atoms with Crippen LogP contribution in [0.15, 0.2) is 10.9 Å². The van der Waals surface area contributed by atoms with Gasteiger partial charge in [-0.2, -0.15) is 5.10 Å². The molecule has 0 saturated heterocycles. The molecule has 0 saturated carbocycles. The van der Waals surface area contributed by atoms with Crippen molar-refractivity contribution in [1.82, 2.24) is 15.5 Å². The van der Waals surface area contributed by atoms with Gasteiger partial charge in [0.15, 0.2) is 0 Å². The maximum atomic E-state index is 12.2. The van der Waals surface area contributed by atoms with Crippen molar-refractivity contribution in [1.29, 1.82) is 0 Å². The Labute approximate surface area is 133 Å². The summed E-state index contributed by atoms with van der Waals surface area (Å²) >= 11 is 1.47. The SMILES string of the molecule is CCc1n[nH]c(=O)c(CNC(=O)c2cc(C)c(C)s2)c1CC. The molecule has 2 rings (SSSR count). The molecule has 0 unspecified atom stereocenters. The van der Waals surface area contributed by atoms with Crippen LogP contribution >= 0.6 is 11.3 Å². The number of amides is 1. The predicted octanol–water partition coefficient (Wildman–Crippen LogP) is 2.50. The van der Waals surface area contributed by atoms with Crippen LogP contribution < -0.4 is 10.9 Å². The topological polar surface area (TPSA) is 74.8 Å². The van der Waals surface area contributed by atoms with Crippen molar-refractivity contribution in [2.75, 3.05) is 0 Å². The van der Waals surface area contributed by atoms with Crippen LogP contribution in [0, 0.1) is 13.8 Å². The van der Waals surface area contributed by atoms with Gasteiger partial charge in [-0.05, 0) is 43.9 Å². The minimum atomic E-state index is -0.229. The fraction of sp³-hybridized carbons (Fsp3) is 0.438. The third-order valence-corrected chi connectivity index (χ3v) is 4.93. The van der Waals surface area contributed by atoms with Crippen LogP contribution in [0.25, 0.3) is 0 Å². The number of H-pyrrole nitrogens is 1. The van der Waals surface area contributed by atoms with Crippen molar-refractivity contribution in [3.8, 4) is 0 Å². The molecule has 22 heavy (non-hydrogen) atoms. The van der Waals surface area contributed by atoms with Gasteiger partial charge in [0.1, 0.15) is 0 Å². The van der Waals surface area contributed by atoms with Crippen molar-refractivity contribution < 1.29 is 4.79 Å². The third-order valence-electron chi connectivity index (χ3n) is 3.78. The first-order chi connectivity index (χ1) is 10.5. The summed E-state index contributed by atoms with van der Waals surface area (Å²) in [5.41, 5.74) is 3.30. The van der Waals surface area contributed by atoms with Gasteiger partial charge in [-0.3, -0.25) is 9.59 Å². The molecule has 6 heteroatoms. The van der Waals surface area contributed by atoms with Crippen LogP contribution in [-0.2, 0) is 19.4 Å². The summed E-state index contributed by atoms with van der Waals surface area (Å²) in [6, 6.07) is 1.88. The van der Waals surface area contributed by atoms with E-state index in [0.29, 0.717) is 10.4 Å². The smallest absolute Gasteiger partial charge is 0.269 e. The monoisotopic (exact) mass is 319 g/mol. The number of carbonyl (C=O) groups is 1. The molecule has 2 heterocycles. The molecule has 118 valence electrons. The van der Waals surface area contributed by atoms with Crippen molar-refractivity contribution >= 4 is 17.2 Å². The molecular weight excluding hydrogens is 298 g/mol. The second-order valence-electron chi connectivity index (χ2n) is 5.20. The number of thiophene rings is 1. The number of nitrogens with zero attached hydrogens (tertiary/aromatic N) is 1. The lowest BCUT2D eigenvalue weighted by Crippen LogP contribution is -2.29. The number of carbonyl (C=O) groups excluding carboxylic acids is 1. The zero-order valence-corrected chi connectivity index (χ0v) is 14.2. The van der Waals surface area contributed by atoms with Gasteiger partial charge in [0, 0.05) is 17.0 Å². The van der Waals surface area contributed by atoms with E-state index in [9.17, 15) is 9.59 Å². The van der Waals surface area contributed by atoms with E-state index in [-0.39, 0.29) is 18.0 Å². The molecule has 0 aromatic carbocycles. The lowest BCUT2D eigenvalue weighted by atomic mass is 10.0. The van der Waals surface area contributed by atoms with Gasteiger partial charge < -0.3 is 5.32 Å². The van der Waals surface area contributed by atoms with E-state index in [4.69, 9.17) is 0 Å². The predicted molar refractivity (Wildman–Crippen MR) is 88.6 cm³/mol. The van der Waals surface area contributed by atoms with Gasteiger partial charge >= 0.3 is 0 Å². The first-order valence-electron chi connectivity index (χ1n) is 7.42. The molecule has 2 aromatic rings. The molecule has 0 aliphatic rings. The minimum Gasteiger partial charge on any atom is -0.347 e. The number of aromatic nitrogens is 2. The van der Waals surface area contributed by atoms with Crippen molar-refractivity contribution in [3.05, 3.63) is 48.6 Å². The van der Waals surface area contributed by atoms with E-state index in [2.05, 4.69) is 15.5 Å². The average molecular weight is 319 g/mol. The summed E-state index contributed by atoms with van der Waals surface area (Å²) in [6.07, 6.45) is 1.48. The van der Waals surface area contributed by atoms with E-state index in [1.54, 1.807) is 0 Å². The Kier molecular flexibility index (Phi) is 5.13. The van der Waals surface area contributed by atoms with Gasteiger partial charge in [-0.15, -0.1) is 11.3 Å². The third kappa shape index (κ3) is 3.27. The van der Waals surface area contributed by atoms with Gasteiger partial charge in [0.05, 0.1) is 10.6 Å². The van der Waals surface area contributed by atoms with Crippen LogP contribution in [0.1, 0.15) is 50.8 Å². The molecule has 0 aliphatic heterocycles. The highest BCUT2D eigenvalue weighted by molar-refractivity contribution is 7.14. The number of nitrogens with one attached hydrogen (secondary N) is 2. The Bertz CT molecular complexity index is 727. The molecule has 0 atom stereocenters. The van der Waals surface area contributed by atoms with E-state index >= 15 is 0 Å². The fourth-order valence-corrected chi connectivity index (χ4v) is 3.35. The standard InChI is InChI=1S/C16H21N3O2S/c1-5-11-12(15(20)19-18-13(11)6-2)8-17-16(21)14-7-9(3)10(4)22-14/h7H,5-6,8H2,1-4H3,(H,17,21)(H,19,20). The summed E-state index contributed by atoms with van der Waals surface area (Å²) in [7, 11) is 0. The summed E-state index contributed by atoms with van der Waals surface area (Å²) in [4.78, 5) is 26.0. The second kappa shape index (κ2) is 6.87. The first-order valence-corrected chi connectivity index (χ1v) is 8.24. The van der Waals surface area contributed by atoms with Gasteiger partial charge in [0.2, 0.25) is 0 Å². The number of rotatable bonds is 5. The quantitative estimate of drug-likeness (QED) is 0.889. The Hall–Kier alpha value is -1.95. The zero-order chi connectivity index (χ0) is 16.3. The van der Waals surface area contributed by atoms with Gasteiger partial charge in [0.25, 0.3) is 11.5 Å². The first kappa shape index (κ1) is 16.4. The average Bonchev–Trinajstić information content (AvgIpc) is 2.84. The molecule has 1 amide bonds. The molecule has 5 nitrogen and oxygen atoms in total. The van der Waals surface area contributed by atoms with Crippen molar-refractivity contribution in [3.63, 3.8) is 0 Å². The maximum absolute atomic E-state index is 12.2. The van der Waals surface area contributed by atoms with E-state index in [0.717, 1.165) is 34.5 Å². The molecule has 0 radical (unpaired) electrons. The molecule has 0 aliphatic carbocycles. The van der Waals surface area contributed by atoms with E-state index in [1.807, 2.05) is 33.8 Å². The highest BCUT2D eigenvalue weighted by Gasteiger charge is 2.15. The lowest BCUT2D eigenvalue weighted by Gasteiger charge is -2.11. The summed E-state index contributed by atoms with van der Waals surface area (Å²) in [5, 5.41) is 9.44. The van der Waals surface area contributed by atoms with Gasteiger partial charge in [-0.1, -0.05) is 13.8 Å². The molecular formula is C16H21N3O2S. The number of hydrogen-bond donors (Lipinski definition) is 2. The molecule has 0 fully saturated rings. The lowest BCUT2D eigenvalue weighted by molar-refractivity contribution is 0.0954. The Morgan fingerprint density at radius 3 is 2.55 bits per heavy atom. The van der Waals surface area contributed by atoms with E-state index < -0.39 is 0 Å². The maximum Gasteiger partial charge on any atom is 0.269 e. The van der Waals surface area contributed by atoms with Crippen LogP contribution in [0.4, 0.5) is 0 Å². The normalized spacial score (nSPS) is 10.7. The van der Waals surface area contributed by atoms with E-state index in [1.165, 1.54) is 11.3 Å².